The van der Waals surface area contributed by atoms with Crippen molar-refractivity contribution in [2.75, 3.05) is 5.75 Å². The maximum Gasteiger partial charge on any atom is 0.123 e. The maximum atomic E-state index is 13.3. The van der Waals surface area contributed by atoms with Gasteiger partial charge in [0.2, 0.25) is 0 Å². The molecule has 1 aliphatic carbocycles. The summed E-state index contributed by atoms with van der Waals surface area (Å²) in [5.74, 6) is 0.00849. The number of rotatable bonds is 2. The fourth-order valence-corrected chi connectivity index (χ4v) is 2.64. The Hall–Kier alpha value is 0.370. The van der Waals surface area contributed by atoms with E-state index in [4.69, 9.17) is 10.7 Å². The van der Waals surface area contributed by atoms with Gasteiger partial charge in [-0.2, -0.15) is 0 Å². The Bertz CT molecular complexity index is 145. The lowest BCUT2D eigenvalue weighted by molar-refractivity contribution is 0.205. The molecule has 0 radical (unpaired) electrons. The van der Waals surface area contributed by atoms with E-state index < -0.39 is 15.7 Å². The van der Waals surface area contributed by atoms with Gasteiger partial charge in [-0.25, -0.2) is 8.60 Å². The van der Waals surface area contributed by atoms with Crippen molar-refractivity contribution in [3.8, 4) is 0 Å². The quantitative estimate of drug-likeness (QED) is 0.602. The zero-order valence-electron chi connectivity index (χ0n) is 5.61. The third kappa shape index (κ3) is 2.20. The van der Waals surface area contributed by atoms with Crippen molar-refractivity contribution in [1.82, 2.24) is 0 Å². The summed E-state index contributed by atoms with van der Waals surface area (Å²) < 4.78 is 23.7. The minimum absolute atomic E-state index is 0.00849. The molecule has 0 bridgehead atoms. The fourth-order valence-electron chi connectivity index (χ4n) is 1.36. The van der Waals surface area contributed by atoms with Crippen molar-refractivity contribution in [1.29, 1.82) is 0 Å². The zero-order valence-corrected chi connectivity index (χ0v) is 7.18. The first kappa shape index (κ1) is 8.47. The summed E-state index contributed by atoms with van der Waals surface area (Å²) in [4.78, 5) is 0. The Labute approximate surface area is 66.9 Å². The van der Waals surface area contributed by atoms with E-state index in [2.05, 4.69) is 0 Å². The van der Waals surface area contributed by atoms with Gasteiger partial charge in [0, 0.05) is 0 Å². The van der Waals surface area contributed by atoms with Crippen LogP contribution in [0, 0.1) is 0 Å². The first-order chi connectivity index (χ1) is 4.62. The van der Waals surface area contributed by atoms with Gasteiger partial charge >= 0.3 is 0 Å². The number of hydrogen-bond donors (Lipinski definition) is 0. The Morgan fingerprint density at radius 3 is 2.40 bits per heavy atom. The molecule has 1 fully saturated rings. The van der Waals surface area contributed by atoms with E-state index in [0.29, 0.717) is 12.8 Å². The molecule has 1 aliphatic rings. The SMILES string of the molecule is O=S(Cl)CC1(F)CCCC1. The molecule has 1 unspecified atom stereocenters. The third-order valence-electron chi connectivity index (χ3n) is 1.87. The number of alkyl halides is 1. The lowest BCUT2D eigenvalue weighted by atomic mass is 10.1. The minimum Gasteiger partial charge on any atom is -0.243 e. The van der Waals surface area contributed by atoms with E-state index >= 15 is 0 Å². The molecule has 0 aromatic heterocycles. The van der Waals surface area contributed by atoms with Crippen LogP contribution < -0.4 is 0 Å². The van der Waals surface area contributed by atoms with E-state index in [1.54, 1.807) is 0 Å². The van der Waals surface area contributed by atoms with Crippen LogP contribution in [0.4, 0.5) is 4.39 Å². The van der Waals surface area contributed by atoms with Crippen molar-refractivity contribution >= 4 is 20.7 Å². The second kappa shape index (κ2) is 3.18. The summed E-state index contributed by atoms with van der Waals surface area (Å²) >= 11 is 0. The van der Waals surface area contributed by atoms with Crippen LogP contribution in [0.5, 0.6) is 0 Å². The van der Waals surface area contributed by atoms with Crippen molar-refractivity contribution in [3.63, 3.8) is 0 Å². The predicted octanol–water partition coefficient (Wildman–Crippen LogP) is 2.17. The van der Waals surface area contributed by atoms with E-state index in [0.717, 1.165) is 12.8 Å². The molecule has 0 N–H and O–H groups in total. The van der Waals surface area contributed by atoms with Gasteiger partial charge in [-0.15, -0.1) is 0 Å². The monoisotopic (exact) mass is 184 g/mol. The molecule has 0 spiro atoms. The molecule has 0 aromatic rings. The average molecular weight is 185 g/mol. The molecule has 1 nitrogen and oxygen atoms in total. The Morgan fingerprint density at radius 1 is 1.50 bits per heavy atom. The topological polar surface area (TPSA) is 17.1 Å². The average Bonchev–Trinajstić information content (AvgIpc) is 2.12. The van der Waals surface area contributed by atoms with Gasteiger partial charge in [0.1, 0.15) is 15.7 Å². The van der Waals surface area contributed by atoms with Gasteiger partial charge in [-0.3, -0.25) is 0 Å². The van der Waals surface area contributed by atoms with Crippen LogP contribution in [0.25, 0.3) is 0 Å². The van der Waals surface area contributed by atoms with Crippen LogP contribution in [0.15, 0.2) is 0 Å². The largest absolute Gasteiger partial charge is 0.243 e. The van der Waals surface area contributed by atoms with Crippen LogP contribution in [-0.2, 0) is 10.0 Å². The first-order valence-corrected chi connectivity index (χ1v) is 5.50. The normalized spacial score (nSPS) is 26.6. The van der Waals surface area contributed by atoms with Gasteiger partial charge in [0.25, 0.3) is 0 Å². The summed E-state index contributed by atoms with van der Waals surface area (Å²) in [6.07, 6.45) is 2.88. The molecule has 60 valence electrons. The van der Waals surface area contributed by atoms with Crippen LogP contribution in [0.1, 0.15) is 25.7 Å². The van der Waals surface area contributed by atoms with Crippen LogP contribution in [-0.4, -0.2) is 15.6 Å². The standard InChI is InChI=1S/C6H10ClFOS/c7-10(9)5-6(8)3-1-2-4-6/h1-5H2. The van der Waals surface area contributed by atoms with Crippen molar-refractivity contribution in [3.05, 3.63) is 0 Å². The van der Waals surface area contributed by atoms with Crippen molar-refractivity contribution in [2.24, 2.45) is 0 Å². The highest BCUT2D eigenvalue weighted by molar-refractivity contribution is 8.08. The van der Waals surface area contributed by atoms with E-state index in [1.807, 2.05) is 0 Å². The molecular weight excluding hydrogens is 175 g/mol. The smallest absolute Gasteiger partial charge is 0.123 e. The van der Waals surface area contributed by atoms with Gasteiger partial charge in [-0.05, 0) is 23.5 Å². The molecule has 4 heteroatoms. The van der Waals surface area contributed by atoms with Crippen LogP contribution in [0.3, 0.4) is 0 Å². The molecule has 0 saturated heterocycles. The lowest BCUT2D eigenvalue weighted by Gasteiger charge is -2.15. The van der Waals surface area contributed by atoms with Gasteiger partial charge in [0.15, 0.2) is 0 Å². The minimum atomic E-state index is -1.50. The van der Waals surface area contributed by atoms with Crippen LogP contribution >= 0.6 is 10.7 Å². The third-order valence-corrected chi connectivity index (χ3v) is 2.94. The fraction of sp³-hybridized carbons (Fsp3) is 1.00. The molecule has 0 amide bonds. The summed E-state index contributed by atoms with van der Waals surface area (Å²) in [7, 11) is 3.68. The second-order valence-electron chi connectivity index (χ2n) is 2.79. The van der Waals surface area contributed by atoms with E-state index in [1.165, 1.54) is 0 Å². The molecular formula is C6H10ClFOS. The summed E-state index contributed by atoms with van der Waals surface area (Å²) in [5.41, 5.74) is -1.22. The Balaban J connectivity index is 2.43. The second-order valence-corrected chi connectivity index (χ2v) is 4.69. The molecule has 10 heavy (non-hydrogen) atoms. The summed E-state index contributed by atoms with van der Waals surface area (Å²) in [6.45, 7) is 0. The molecule has 1 atom stereocenters. The van der Waals surface area contributed by atoms with Crippen molar-refractivity contribution in [2.45, 2.75) is 31.4 Å². The highest BCUT2D eigenvalue weighted by atomic mass is 35.7. The predicted molar refractivity (Wildman–Crippen MR) is 41.2 cm³/mol. The summed E-state index contributed by atoms with van der Waals surface area (Å²) in [6, 6.07) is 0. The van der Waals surface area contributed by atoms with Gasteiger partial charge < -0.3 is 0 Å². The maximum absolute atomic E-state index is 13.3. The van der Waals surface area contributed by atoms with Gasteiger partial charge in [0.05, 0.1) is 5.75 Å². The molecule has 0 aromatic carbocycles. The molecule has 1 saturated carbocycles. The summed E-state index contributed by atoms with van der Waals surface area (Å²) in [5, 5.41) is 0. The molecule has 0 heterocycles. The molecule has 1 rings (SSSR count). The van der Waals surface area contributed by atoms with Crippen LogP contribution in [0.2, 0.25) is 0 Å². The van der Waals surface area contributed by atoms with E-state index in [-0.39, 0.29) is 5.75 Å². The number of halogens is 2. The lowest BCUT2D eigenvalue weighted by Crippen LogP contribution is -2.24. The number of hydrogen-bond acceptors (Lipinski definition) is 1. The zero-order chi connectivity index (χ0) is 7.61. The highest BCUT2D eigenvalue weighted by Gasteiger charge is 2.34. The molecule has 0 aliphatic heterocycles. The Kier molecular flexibility index (Phi) is 2.69. The van der Waals surface area contributed by atoms with Gasteiger partial charge in [-0.1, -0.05) is 12.8 Å². The van der Waals surface area contributed by atoms with Crippen molar-refractivity contribution < 1.29 is 8.60 Å². The Morgan fingerprint density at radius 2 is 2.00 bits per heavy atom. The first-order valence-electron chi connectivity index (χ1n) is 3.36. The highest BCUT2D eigenvalue weighted by Crippen LogP contribution is 2.34. The van der Waals surface area contributed by atoms with E-state index in [9.17, 15) is 8.60 Å².